The number of para-hydroxylation sites is 1. The van der Waals surface area contributed by atoms with Gasteiger partial charge in [0.2, 0.25) is 12.2 Å². The standard InChI is InChI=1S/C25H26N3O3/c29-16-18(14-17-8-2-1-3-9-17)27-24(30)20-11-5-7-13-23(20)28-25(31)21-15-26-22-12-6-4-10-19(21)22/h1-4,6,8-10,12,15,18,20,23,26H,5,7,11,13-14H2,(H,27,30)(H,28,31)/t18-,20+,23-/m0/s1. The molecule has 1 radical (unpaired) electrons. The van der Waals surface area contributed by atoms with Crippen LogP contribution in [0.2, 0.25) is 0 Å². The van der Waals surface area contributed by atoms with Crippen molar-refractivity contribution in [2.45, 2.75) is 44.2 Å². The minimum Gasteiger partial charge on any atom is -0.360 e. The average molecular weight is 417 g/mol. The molecule has 1 fully saturated rings. The van der Waals surface area contributed by atoms with Gasteiger partial charge in [-0.3, -0.25) is 14.4 Å². The van der Waals surface area contributed by atoms with Crippen molar-refractivity contribution in [3.63, 3.8) is 0 Å². The lowest BCUT2D eigenvalue weighted by atomic mass is 9.83. The molecule has 1 aromatic heterocycles. The van der Waals surface area contributed by atoms with Gasteiger partial charge in [0, 0.05) is 29.6 Å². The molecule has 1 aliphatic carbocycles. The molecule has 1 aliphatic rings. The lowest BCUT2D eigenvalue weighted by Gasteiger charge is -2.32. The second-order valence-electron chi connectivity index (χ2n) is 8.09. The summed E-state index contributed by atoms with van der Waals surface area (Å²) in [5.41, 5.74) is 2.43. The molecule has 0 spiro atoms. The van der Waals surface area contributed by atoms with Crippen LogP contribution in [0, 0.1) is 5.92 Å². The van der Waals surface area contributed by atoms with Crippen LogP contribution in [0.3, 0.4) is 0 Å². The highest BCUT2D eigenvalue weighted by atomic mass is 16.2. The van der Waals surface area contributed by atoms with Gasteiger partial charge in [-0.15, -0.1) is 0 Å². The van der Waals surface area contributed by atoms with Crippen molar-refractivity contribution in [1.29, 1.82) is 0 Å². The van der Waals surface area contributed by atoms with Crippen molar-refractivity contribution in [2.75, 3.05) is 0 Å². The van der Waals surface area contributed by atoms with E-state index >= 15 is 0 Å². The van der Waals surface area contributed by atoms with E-state index in [0.717, 1.165) is 35.7 Å². The van der Waals surface area contributed by atoms with Gasteiger partial charge in [-0.2, -0.15) is 0 Å². The smallest absolute Gasteiger partial charge is 0.253 e. The van der Waals surface area contributed by atoms with Crippen molar-refractivity contribution < 1.29 is 14.4 Å². The van der Waals surface area contributed by atoms with Gasteiger partial charge >= 0.3 is 0 Å². The summed E-state index contributed by atoms with van der Waals surface area (Å²) in [5.74, 6) is -0.757. The number of H-pyrrole nitrogens is 1. The third-order valence-electron chi connectivity index (χ3n) is 5.99. The monoisotopic (exact) mass is 416 g/mol. The van der Waals surface area contributed by atoms with Crippen LogP contribution < -0.4 is 10.6 Å². The molecule has 159 valence electrons. The maximum atomic E-state index is 13.0. The van der Waals surface area contributed by atoms with Crippen molar-refractivity contribution >= 4 is 29.0 Å². The molecule has 0 saturated heterocycles. The SMILES string of the molecule is O=[C][C@H](Cc1ccccc1)NC(=O)[C@@H]1CCCC[C@@H]1NC(=O)c1c[nH]c2ccccc12. The number of benzene rings is 2. The van der Waals surface area contributed by atoms with Gasteiger partial charge in [0.05, 0.1) is 17.5 Å². The molecule has 3 atom stereocenters. The number of amides is 2. The van der Waals surface area contributed by atoms with Gasteiger partial charge in [0.15, 0.2) is 0 Å². The maximum absolute atomic E-state index is 13.0. The molecule has 2 amide bonds. The second-order valence-corrected chi connectivity index (χ2v) is 8.09. The lowest BCUT2D eigenvalue weighted by Crippen LogP contribution is -2.50. The van der Waals surface area contributed by atoms with Gasteiger partial charge in [-0.25, -0.2) is 0 Å². The number of carbonyl (C=O) groups excluding carboxylic acids is 3. The van der Waals surface area contributed by atoms with E-state index in [0.29, 0.717) is 18.4 Å². The Kier molecular flexibility index (Phi) is 6.46. The summed E-state index contributed by atoms with van der Waals surface area (Å²) in [7, 11) is 0. The third-order valence-corrected chi connectivity index (χ3v) is 5.99. The van der Waals surface area contributed by atoms with Gasteiger partial charge in [-0.1, -0.05) is 61.4 Å². The molecule has 0 aliphatic heterocycles. The molecule has 4 rings (SSSR count). The third kappa shape index (κ3) is 4.85. The predicted molar refractivity (Wildman–Crippen MR) is 119 cm³/mol. The second kappa shape index (κ2) is 9.60. The molecular formula is C25H26N3O3. The summed E-state index contributed by atoms with van der Waals surface area (Å²) < 4.78 is 0. The molecule has 6 heteroatoms. The zero-order valence-corrected chi connectivity index (χ0v) is 17.3. The lowest BCUT2D eigenvalue weighted by molar-refractivity contribution is -0.127. The molecule has 3 aromatic rings. The Labute approximate surface area is 181 Å². The number of nitrogens with one attached hydrogen (secondary N) is 3. The fourth-order valence-electron chi connectivity index (χ4n) is 4.37. The summed E-state index contributed by atoms with van der Waals surface area (Å²) in [6, 6.07) is 16.2. The molecular weight excluding hydrogens is 390 g/mol. The van der Waals surface area contributed by atoms with Crippen LogP contribution in [0.25, 0.3) is 10.9 Å². The minimum atomic E-state index is -0.707. The highest BCUT2D eigenvalue weighted by Crippen LogP contribution is 2.26. The van der Waals surface area contributed by atoms with Crippen molar-refractivity contribution in [3.8, 4) is 0 Å². The van der Waals surface area contributed by atoms with Crippen LogP contribution in [-0.4, -0.2) is 35.2 Å². The van der Waals surface area contributed by atoms with Crippen LogP contribution >= 0.6 is 0 Å². The van der Waals surface area contributed by atoms with Gasteiger partial charge in [0.25, 0.3) is 5.91 Å². The van der Waals surface area contributed by atoms with Gasteiger partial charge in [0.1, 0.15) is 0 Å². The van der Waals surface area contributed by atoms with E-state index in [1.54, 1.807) is 6.20 Å². The molecule has 0 unspecified atom stereocenters. The number of rotatable bonds is 7. The number of carbonyl (C=O) groups is 2. The van der Waals surface area contributed by atoms with Gasteiger partial charge in [-0.05, 0) is 24.5 Å². The fraction of sp³-hybridized carbons (Fsp3) is 0.320. The Hall–Kier alpha value is -3.41. The molecule has 1 heterocycles. The molecule has 0 bridgehead atoms. The van der Waals surface area contributed by atoms with Crippen LogP contribution in [0.4, 0.5) is 0 Å². The highest BCUT2D eigenvalue weighted by Gasteiger charge is 2.33. The summed E-state index contributed by atoms with van der Waals surface area (Å²) >= 11 is 0. The van der Waals surface area contributed by atoms with E-state index in [4.69, 9.17) is 0 Å². The van der Waals surface area contributed by atoms with Crippen LogP contribution in [0.5, 0.6) is 0 Å². The average Bonchev–Trinajstić information content (AvgIpc) is 3.24. The summed E-state index contributed by atoms with van der Waals surface area (Å²) in [6.07, 6.45) is 7.34. The Bertz CT molecular complexity index is 1060. The highest BCUT2D eigenvalue weighted by molar-refractivity contribution is 6.07. The molecule has 6 nitrogen and oxygen atoms in total. The number of aromatic nitrogens is 1. The normalized spacial score (nSPS) is 19.5. The fourth-order valence-corrected chi connectivity index (χ4v) is 4.37. The Morgan fingerprint density at radius 2 is 1.77 bits per heavy atom. The zero-order chi connectivity index (χ0) is 21.6. The largest absolute Gasteiger partial charge is 0.360 e. The minimum absolute atomic E-state index is 0.190. The van der Waals surface area contributed by atoms with E-state index in [2.05, 4.69) is 15.6 Å². The maximum Gasteiger partial charge on any atom is 0.253 e. The quantitative estimate of drug-likeness (QED) is 0.552. The molecule has 2 aromatic carbocycles. The van der Waals surface area contributed by atoms with Crippen molar-refractivity contribution in [3.05, 3.63) is 71.9 Å². The van der Waals surface area contributed by atoms with E-state index in [-0.39, 0.29) is 23.8 Å². The first-order valence-electron chi connectivity index (χ1n) is 10.7. The van der Waals surface area contributed by atoms with Gasteiger partial charge < -0.3 is 15.6 Å². The summed E-state index contributed by atoms with van der Waals surface area (Å²) in [6.45, 7) is 0. The Morgan fingerprint density at radius 3 is 2.58 bits per heavy atom. The summed E-state index contributed by atoms with van der Waals surface area (Å²) in [4.78, 5) is 40.5. The van der Waals surface area contributed by atoms with Crippen molar-refractivity contribution in [2.24, 2.45) is 5.92 Å². The predicted octanol–water partition coefficient (Wildman–Crippen LogP) is 3.29. The van der Waals surface area contributed by atoms with Crippen molar-refractivity contribution in [1.82, 2.24) is 15.6 Å². The van der Waals surface area contributed by atoms with Crippen LogP contribution in [0.1, 0.15) is 41.6 Å². The summed E-state index contributed by atoms with van der Waals surface area (Å²) in [5, 5.41) is 6.76. The number of fused-ring (bicyclic) bond motifs is 1. The first-order chi connectivity index (χ1) is 15.2. The first-order valence-corrected chi connectivity index (χ1v) is 10.7. The topological polar surface area (TPSA) is 91.1 Å². The van der Waals surface area contributed by atoms with E-state index in [9.17, 15) is 14.4 Å². The Morgan fingerprint density at radius 1 is 1.03 bits per heavy atom. The molecule has 1 saturated carbocycles. The van der Waals surface area contributed by atoms with Crippen LogP contribution in [0.15, 0.2) is 60.8 Å². The Balaban J connectivity index is 1.43. The van der Waals surface area contributed by atoms with E-state index in [1.165, 1.54) is 0 Å². The van der Waals surface area contributed by atoms with Crippen LogP contribution in [-0.2, 0) is 16.0 Å². The number of hydrogen-bond donors (Lipinski definition) is 3. The number of hydrogen-bond acceptors (Lipinski definition) is 3. The first kappa shape index (κ1) is 20.8. The molecule has 3 N–H and O–H groups in total. The number of aromatic amines is 1. The van der Waals surface area contributed by atoms with E-state index in [1.807, 2.05) is 60.9 Å². The molecule has 31 heavy (non-hydrogen) atoms. The zero-order valence-electron chi connectivity index (χ0n) is 17.3. The van der Waals surface area contributed by atoms with E-state index < -0.39 is 6.04 Å².